The maximum absolute atomic E-state index is 13.7. The van der Waals surface area contributed by atoms with Gasteiger partial charge in [0.25, 0.3) is 5.91 Å². The molecule has 2 aromatic carbocycles. The third kappa shape index (κ3) is 4.57. The molecule has 1 amide bonds. The summed E-state index contributed by atoms with van der Waals surface area (Å²) in [5.41, 5.74) is 0.870. The lowest BCUT2D eigenvalue weighted by atomic mass is 10.1. The van der Waals surface area contributed by atoms with E-state index in [0.717, 1.165) is 12.1 Å². The fraction of sp³-hybridized carbons (Fsp3) is 0.273. The molecule has 170 valence electrons. The molecule has 0 aliphatic carbocycles. The van der Waals surface area contributed by atoms with Gasteiger partial charge in [0.2, 0.25) is 0 Å². The number of ether oxygens (including phenoxy) is 1. The lowest BCUT2D eigenvalue weighted by Gasteiger charge is -2.22. The van der Waals surface area contributed by atoms with E-state index in [1.165, 1.54) is 23.8 Å². The number of carbonyl (C=O) groups is 2. The molecule has 1 unspecified atom stereocenters. The van der Waals surface area contributed by atoms with Crippen LogP contribution in [0.2, 0.25) is 5.02 Å². The summed E-state index contributed by atoms with van der Waals surface area (Å²) in [6.07, 6.45) is -4.90. The summed E-state index contributed by atoms with van der Waals surface area (Å²) in [6, 6.07) is 4.60. The minimum atomic E-state index is -4.90. The summed E-state index contributed by atoms with van der Waals surface area (Å²) in [6.45, 7) is 3.70. The number of halogens is 5. The molecule has 0 fully saturated rings. The third-order valence-corrected chi connectivity index (χ3v) is 5.24. The average Bonchev–Trinajstić information content (AvgIpc) is 3.06. The number of nitrogens with zero attached hydrogens (tertiary/aromatic N) is 1. The highest BCUT2D eigenvalue weighted by atomic mass is 35.5. The van der Waals surface area contributed by atoms with Crippen LogP contribution in [0, 0.1) is 12.7 Å². The van der Waals surface area contributed by atoms with Gasteiger partial charge in [0.15, 0.2) is 6.04 Å². The Balaban J connectivity index is 2.06. The third-order valence-electron chi connectivity index (χ3n) is 5.02. The number of methoxy groups -OCH3 is 1. The summed E-state index contributed by atoms with van der Waals surface area (Å²) in [5, 5.41) is 2.20. The van der Waals surface area contributed by atoms with Crippen molar-refractivity contribution in [2.45, 2.75) is 32.6 Å². The first kappa shape index (κ1) is 23.6. The number of nitrogens with one attached hydrogen (secondary N) is 1. The predicted octanol–water partition coefficient (Wildman–Crippen LogP) is 5.58. The normalized spacial score (nSPS) is 12.6. The van der Waals surface area contributed by atoms with Gasteiger partial charge in [-0.3, -0.25) is 4.79 Å². The van der Waals surface area contributed by atoms with E-state index in [2.05, 4.69) is 0 Å². The van der Waals surface area contributed by atoms with Crippen LogP contribution in [-0.4, -0.2) is 29.7 Å². The highest BCUT2D eigenvalue weighted by Crippen LogP contribution is 2.35. The van der Waals surface area contributed by atoms with E-state index in [0.29, 0.717) is 22.5 Å². The molecule has 3 rings (SSSR count). The number of carbonyl (C=O) groups excluding carboxylic acids is 2. The van der Waals surface area contributed by atoms with Gasteiger partial charge in [0.05, 0.1) is 12.7 Å². The van der Waals surface area contributed by atoms with E-state index >= 15 is 0 Å². The zero-order chi connectivity index (χ0) is 23.8. The quantitative estimate of drug-likeness (QED) is 0.391. The second-order valence-electron chi connectivity index (χ2n) is 7.14. The molecular formula is C22H19ClF4N2O3. The molecule has 5 nitrogen and oxygen atoms in total. The van der Waals surface area contributed by atoms with Gasteiger partial charge in [-0.2, -0.15) is 13.2 Å². The molecule has 0 spiro atoms. The first-order chi connectivity index (χ1) is 15.0. The van der Waals surface area contributed by atoms with Crippen LogP contribution < -0.4 is 5.32 Å². The van der Waals surface area contributed by atoms with E-state index in [1.54, 1.807) is 19.9 Å². The Morgan fingerprint density at radius 1 is 1.16 bits per heavy atom. The second-order valence-corrected chi connectivity index (χ2v) is 7.58. The van der Waals surface area contributed by atoms with Crippen molar-refractivity contribution in [2.75, 3.05) is 7.11 Å². The fourth-order valence-electron chi connectivity index (χ4n) is 3.57. The number of aryl methyl sites for hydroxylation is 2. The number of amides is 1. The summed E-state index contributed by atoms with van der Waals surface area (Å²) < 4.78 is 61.1. The van der Waals surface area contributed by atoms with Gasteiger partial charge in [-0.05, 0) is 61.4 Å². The van der Waals surface area contributed by atoms with Gasteiger partial charge >= 0.3 is 12.1 Å². The van der Waals surface area contributed by atoms with Crippen LogP contribution in [0.3, 0.4) is 0 Å². The van der Waals surface area contributed by atoms with Crippen LogP contribution in [-0.2, 0) is 11.3 Å². The van der Waals surface area contributed by atoms with Crippen LogP contribution in [0.15, 0.2) is 36.4 Å². The van der Waals surface area contributed by atoms with Crippen molar-refractivity contribution in [3.63, 3.8) is 0 Å². The molecule has 0 aliphatic heterocycles. The minimum absolute atomic E-state index is 0.0411. The van der Waals surface area contributed by atoms with Crippen LogP contribution >= 0.6 is 11.6 Å². The average molecular weight is 471 g/mol. The Morgan fingerprint density at radius 3 is 2.41 bits per heavy atom. The Labute approximate surface area is 185 Å². The van der Waals surface area contributed by atoms with Crippen LogP contribution in [0.4, 0.5) is 17.6 Å². The summed E-state index contributed by atoms with van der Waals surface area (Å²) >= 11 is 5.70. The molecule has 0 saturated heterocycles. The van der Waals surface area contributed by atoms with E-state index in [4.69, 9.17) is 16.3 Å². The highest BCUT2D eigenvalue weighted by molar-refractivity contribution is 6.30. The molecule has 3 aromatic rings. The number of alkyl halides is 3. The van der Waals surface area contributed by atoms with E-state index in [1.807, 2.05) is 5.32 Å². The molecule has 1 atom stereocenters. The number of esters is 1. The number of hydrogen-bond acceptors (Lipinski definition) is 3. The summed E-state index contributed by atoms with van der Waals surface area (Å²) in [7, 11) is 1.23. The lowest BCUT2D eigenvalue weighted by Crippen LogP contribution is -2.39. The maximum Gasteiger partial charge on any atom is 0.412 e. The molecule has 10 heteroatoms. The molecule has 0 aliphatic rings. The van der Waals surface area contributed by atoms with Crippen molar-refractivity contribution < 1.29 is 31.9 Å². The zero-order valence-corrected chi connectivity index (χ0v) is 18.1. The predicted molar refractivity (Wildman–Crippen MR) is 111 cm³/mol. The molecule has 1 heterocycles. The van der Waals surface area contributed by atoms with Gasteiger partial charge in [0, 0.05) is 22.5 Å². The van der Waals surface area contributed by atoms with Gasteiger partial charge in [-0.25, -0.2) is 9.18 Å². The molecule has 0 radical (unpaired) electrons. The Morgan fingerprint density at radius 2 is 1.84 bits per heavy atom. The fourth-order valence-corrected chi connectivity index (χ4v) is 3.80. The lowest BCUT2D eigenvalue weighted by molar-refractivity contribution is -0.155. The van der Waals surface area contributed by atoms with Gasteiger partial charge < -0.3 is 14.6 Å². The van der Waals surface area contributed by atoms with Crippen molar-refractivity contribution in [1.29, 1.82) is 0 Å². The molecule has 0 saturated carbocycles. The largest absolute Gasteiger partial charge is 0.465 e. The van der Waals surface area contributed by atoms with Crippen LogP contribution in [0.5, 0.6) is 0 Å². The van der Waals surface area contributed by atoms with Gasteiger partial charge in [-0.1, -0.05) is 11.6 Å². The van der Waals surface area contributed by atoms with Crippen LogP contribution in [0.1, 0.15) is 44.9 Å². The Kier molecular flexibility index (Phi) is 6.50. The van der Waals surface area contributed by atoms with Gasteiger partial charge in [-0.15, -0.1) is 0 Å². The topological polar surface area (TPSA) is 60.3 Å². The molecule has 1 aromatic heterocycles. The SMILES string of the molecule is CCn1c(C(=O)NC(c2cc(F)cc(Cl)c2)C(F)(F)F)cc2cc(C(=O)OC)c(C)cc21. The number of benzene rings is 2. The zero-order valence-electron chi connectivity index (χ0n) is 17.3. The van der Waals surface area contributed by atoms with Crippen molar-refractivity contribution >= 4 is 34.4 Å². The Bertz CT molecular complexity index is 1180. The monoisotopic (exact) mass is 470 g/mol. The molecule has 1 N–H and O–H groups in total. The molecule has 0 bridgehead atoms. The highest BCUT2D eigenvalue weighted by Gasteiger charge is 2.42. The Hall–Kier alpha value is -3.07. The number of rotatable bonds is 5. The first-order valence-corrected chi connectivity index (χ1v) is 9.89. The van der Waals surface area contributed by atoms with Crippen molar-refractivity contribution in [2.24, 2.45) is 0 Å². The van der Waals surface area contributed by atoms with Crippen molar-refractivity contribution in [3.8, 4) is 0 Å². The van der Waals surface area contributed by atoms with E-state index in [-0.39, 0.29) is 22.8 Å². The van der Waals surface area contributed by atoms with E-state index < -0.39 is 35.5 Å². The van der Waals surface area contributed by atoms with Crippen LogP contribution in [0.25, 0.3) is 10.9 Å². The van der Waals surface area contributed by atoms with Gasteiger partial charge in [0.1, 0.15) is 11.5 Å². The molecular weight excluding hydrogens is 452 g/mol. The van der Waals surface area contributed by atoms with Crippen molar-refractivity contribution in [1.82, 2.24) is 9.88 Å². The second kappa shape index (κ2) is 8.82. The standard InChI is InChI=1S/C22H19ClF4N2O3/c1-4-29-17-5-11(2)16(21(31)32-3)8-12(17)9-18(29)20(30)28-19(22(25,26)27)13-6-14(23)10-15(24)7-13/h5-10,19H,4H2,1-3H3,(H,28,30). The maximum atomic E-state index is 13.7. The first-order valence-electron chi connectivity index (χ1n) is 9.52. The smallest absolute Gasteiger partial charge is 0.412 e. The number of hydrogen-bond donors (Lipinski definition) is 1. The minimum Gasteiger partial charge on any atom is -0.465 e. The van der Waals surface area contributed by atoms with E-state index in [9.17, 15) is 27.2 Å². The number of fused-ring (bicyclic) bond motifs is 1. The number of aromatic nitrogens is 1. The van der Waals surface area contributed by atoms with Crippen molar-refractivity contribution in [3.05, 3.63) is 69.6 Å². The summed E-state index contributed by atoms with van der Waals surface area (Å²) in [4.78, 5) is 24.9. The molecule has 32 heavy (non-hydrogen) atoms. The summed E-state index contributed by atoms with van der Waals surface area (Å²) in [5.74, 6) is -2.53.